The molecule has 7 heteroatoms. The monoisotopic (exact) mass is 509 g/mol. The van der Waals surface area contributed by atoms with Crippen molar-refractivity contribution >= 4 is 23.6 Å². The van der Waals surface area contributed by atoms with Crippen LogP contribution in [0.25, 0.3) is 0 Å². The summed E-state index contributed by atoms with van der Waals surface area (Å²) >= 11 is 0. The molecule has 37 heavy (non-hydrogen) atoms. The van der Waals surface area contributed by atoms with Crippen LogP contribution in [-0.2, 0) is 14.3 Å². The van der Waals surface area contributed by atoms with Gasteiger partial charge >= 0.3 is 6.09 Å². The zero-order valence-corrected chi connectivity index (χ0v) is 24.0. The topological polar surface area (TPSA) is 87.7 Å². The molecule has 0 fully saturated rings. The van der Waals surface area contributed by atoms with Crippen molar-refractivity contribution in [3.05, 3.63) is 64.2 Å². The molecule has 0 aliphatic carbocycles. The van der Waals surface area contributed by atoms with Crippen molar-refractivity contribution in [1.29, 1.82) is 0 Å². The Morgan fingerprint density at radius 1 is 0.919 bits per heavy atom. The van der Waals surface area contributed by atoms with E-state index in [-0.39, 0.29) is 18.4 Å². The first-order valence-electron chi connectivity index (χ1n) is 12.8. The predicted octanol–water partition coefficient (Wildman–Crippen LogP) is 6.14. The van der Waals surface area contributed by atoms with E-state index in [0.29, 0.717) is 6.42 Å². The highest BCUT2D eigenvalue weighted by molar-refractivity contribution is 5.99. The molecule has 7 nitrogen and oxygen atoms in total. The third-order valence-electron chi connectivity index (χ3n) is 6.52. The van der Waals surface area contributed by atoms with E-state index in [1.165, 1.54) is 0 Å². The van der Waals surface area contributed by atoms with Crippen molar-refractivity contribution in [2.45, 2.75) is 92.8 Å². The first-order chi connectivity index (χ1) is 17.1. The second-order valence-electron chi connectivity index (χ2n) is 11.3. The Bertz CT molecular complexity index is 1130. The van der Waals surface area contributed by atoms with Gasteiger partial charge in [0.05, 0.1) is 0 Å². The third kappa shape index (κ3) is 7.81. The van der Waals surface area contributed by atoms with Gasteiger partial charge in [-0.1, -0.05) is 48.9 Å². The third-order valence-corrected chi connectivity index (χ3v) is 6.52. The van der Waals surface area contributed by atoms with Crippen LogP contribution in [0.2, 0.25) is 0 Å². The lowest BCUT2D eigenvalue weighted by Gasteiger charge is -2.43. The Hall–Kier alpha value is -3.35. The second-order valence-corrected chi connectivity index (χ2v) is 11.3. The fourth-order valence-corrected chi connectivity index (χ4v) is 4.28. The predicted molar refractivity (Wildman–Crippen MR) is 149 cm³/mol. The molecular formula is C30H43N3O4. The molecule has 0 bridgehead atoms. The van der Waals surface area contributed by atoms with Gasteiger partial charge in [0.25, 0.3) is 5.91 Å². The van der Waals surface area contributed by atoms with Crippen LogP contribution in [0.15, 0.2) is 36.4 Å². The molecule has 2 aromatic rings. The molecule has 2 aromatic carbocycles. The number of benzene rings is 2. The number of carbonyl (C=O) groups is 3. The Labute approximate surface area is 222 Å². The maximum Gasteiger partial charge on any atom is 0.408 e. The summed E-state index contributed by atoms with van der Waals surface area (Å²) < 4.78 is 5.31. The van der Waals surface area contributed by atoms with Crippen molar-refractivity contribution in [3.63, 3.8) is 0 Å². The van der Waals surface area contributed by atoms with Gasteiger partial charge in [-0.05, 0) is 91.0 Å². The number of hydrogen-bond acceptors (Lipinski definition) is 4. The molecule has 0 heterocycles. The standard InChI is InChI=1S/C30H43N3O4/c1-11-30(9,10)33(24(34)18-31-28(36)37-29(6,7)8)26(23-16-15-19(2)17-22(23)5)27(35)32-25-20(3)13-12-14-21(25)4/h12-17,26H,11,18H2,1-10H3,(H,31,36)(H,32,35). The van der Waals surface area contributed by atoms with Gasteiger partial charge in [-0.25, -0.2) is 4.79 Å². The molecule has 0 saturated heterocycles. The Kier molecular flexibility index (Phi) is 9.53. The Morgan fingerprint density at radius 2 is 1.51 bits per heavy atom. The first-order valence-corrected chi connectivity index (χ1v) is 12.8. The summed E-state index contributed by atoms with van der Waals surface area (Å²) in [6.07, 6.45) is -0.0818. The van der Waals surface area contributed by atoms with E-state index >= 15 is 0 Å². The minimum atomic E-state index is -0.914. The van der Waals surface area contributed by atoms with Crippen molar-refractivity contribution in [1.82, 2.24) is 10.2 Å². The summed E-state index contributed by atoms with van der Waals surface area (Å²) in [6, 6.07) is 10.8. The minimum Gasteiger partial charge on any atom is -0.444 e. The van der Waals surface area contributed by atoms with Gasteiger partial charge in [0, 0.05) is 11.2 Å². The molecule has 0 saturated carbocycles. The van der Waals surface area contributed by atoms with Gasteiger partial charge in [0.2, 0.25) is 5.91 Å². The van der Waals surface area contributed by atoms with Gasteiger partial charge in [0.1, 0.15) is 18.2 Å². The van der Waals surface area contributed by atoms with Crippen LogP contribution in [0.4, 0.5) is 10.5 Å². The lowest BCUT2D eigenvalue weighted by Crippen LogP contribution is -2.55. The number of hydrogen-bond donors (Lipinski definition) is 2. The zero-order valence-electron chi connectivity index (χ0n) is 24.0. The molecule has 3 amide bonds. The lowest BCUT2D eigenvalue weighted by molar-refractivity contribution is -0.145. The van der Waals surface area contributed by atoms with E-state index in [1.807, 2.05) is 84.9 Å². The summed E-state index contributed by atoms with van der Waals surface area (Å²) in [5, 5.41) is 5.67. The van der Waals surface area contributed by atoms with Gasteiger partial charge < -0.3 is 20.3 Å². The number of ether oxygens (including phenoxy) is 1. The highest BCUT2D eigenvalue weighted by Gasteiger charge is 2.41. The number of carbonyl (C=O) groups excluding carboxylic acids is 3. The number of alkyl carbamates (subject to hydrolysis) is 1. The highest BCUT2D eigenvalue weighted by atomic mass is 16.6. The zero-order chi connectivity index (χ0) is 28.1. The van der Waals surface area contributed by atoms with Crippen molar-refractivity contribution in [3.8, 4) is 0 Å². The van der Waals surface area contributed by atoms with Crippen molar-refractivity contribution in [2.75, 3.05) is 11.9 Å². The minimum absolute atomic E-state index is 0.295. The molecular weight excluding hydrogens is 466 g/mol. The van der Waals surface area contributed by atoms with Crippen LogP contribution >= 0.6 is 0 Å². The summed E-state index contributed by atoms with van der Waals surface area (Å²) in [5.41, 5.74) is 3.94. The SMILES string of the molecule is CCC(C)(C)N(C(=O)CNC(=O)OC(C)(C)C)C(C(=O)Nc1c(C)cccc1C)c1ccc(C)cc1C. The molecule has 1 unspecified atom stereocenters. The van der Waals surface area contributed by atoms with E-state index < -0.39 is 23.3 Å². The molecule has 0 aliphatic rings. The summed E-state index contributed by atoms with van der Waals surface area (Å²) in [4.78, 5) is 41.8. The van der Waals surface area contributed by atoms with Crippen molar-refractivity contribution < 1.29 is 19.1 Å². The van der Waals surface area contributed by atoms with Crippen LogP contribution in [-0.4, -0.2) is 40.5 Å². The maximum atomic E-state index is 14.1. The number of aryl methyl sites for hydroxylation is 4. The van der Waals surface area contributed by atoms with E-state index in [4.69, 9.17) is 4.74 Å². The summed E-state index contributed by atoms with van der Waals surface area (Å²) in [5.74, 6) is -0.684. The molecule has 0 spiro atoms. The van der Waals surface area contributed by atoms with Crippen LogP contribution in [0.5, 0.6) is 0 Å². The fourth-order valence-electron chi connectivity index (χ4n) is 4.28. The maximum absolute atomic E-state index is 14.1. The van der Waals surface area contributed by atoms with E-state index in [0.717, 1.165) is 33.5 Å². The van der Waals surface area contributed by atoms with Gasteiger partial charge in [-0.15, -0.1) is 0 Å². The number of rotatable bonds is 8. The molecule has 0 aliphatic heterocycles. The van der Waals surface area contributed by atoms with Crippen LogP contribution in [0, 0.1) is 27.7 Å². The van der Waals surface area contributed by atoms with Gasteiger partial charge in [-0.2, -0.15) is 0 Å². The first kappa shape index (κ1) is 29.9. The van der Waals surface area contributed by atoms with Gasteiger partial charge in [-0.3, -0.25) is 9.59 Å². The van der Waals surface area contributed by atoms with Gasteiger partial charge in [0.15, 0.2) is 0 Å². The number of nitrogens with one attached hydrogen (secondary N) is 2. The second kappa shape index (κ2) is 11.8. The van der Waals surface area contributed by atoms with Crippen LogP contribution in [0.3, 0.4) is 0 Å². The molecule has 1 atom stereocenters. The molecule has 0 radical (unpaired) electrons. The van der Waals surface area contributed by atoms with E-state index in [1.54, 1.807) is 25.7 Å². The Morgan fingerprint density at radius 3 is 2.03 bits per heavy atom. The normalized spacial score (nSPS) is 12.5. The number of anilines is 1. The number of amides is 3. The highest BCUT2D eigenvalue weighted by Crippen LogP contribution is 2.34. The molecule has 2 N–H and O–H groups in total. The van der Waals surface area contributed by atoms with E-state index in [2.05, 4.69) is 10.6 Å². The van der Waals surface area contributed by atoms with Crippen LogP contribution in [0.1, 0.15) is 81.8 Å². The molecule has 2 rings (SSSR count). The van der Waals surface area contributed by atoms with Crippen LogP contribution < -0.4 is 10.6 Å². The average molecular weight is 510 g/mol. The largest absolute Gasteiger partial charge is 0.444 e. The molecule has 0 aromatic heterocycles. The number of nitrogens with zero attached hydrogens (tertiary/aromatic N) is 1. The summed E-state index contributed by atoms with van der Waals surface area (Å²) in [7, 11) is 0. The number of para-hydroxylation sites is 1. The van der Waals surface area contributed by atoms with Crippen molar-refractivity contribution in [2.24, 2.45) is 0 Å². The Balaban J connectivity index is 2.57. The quantitative estimate of drug-likeness (QED) is 0.447. The molecule has 202 valence electrons. The smallest absolute Gasteiger partial charge is 0.408 e. The average Bonchev–Trinajstić information content (AvgIpc) is 2.77. The lowest BCUT2D eigenvalue weighted by atomic mass is 9.90. The van der Waals surface area contributed by atoms with E-state index in [9.17, 15) is 14.4 Å². The fraction of sp³-hybridized carbons (Fsp3) is 0.500. The summed E-state index contributed by atoms with van der Waals surface area (Å²) in [6.45, 7) is 18.6.